The normalized spacial score (nSPS) is 8.36. The summed E-state index contributed by atoms with van der Waals surface area (Å²) in [5, 5.41) is 8.92. The summed E-state index contributed by atoms with van der Waals surface area (Å²) in [6.07, 6.45) is 2.56. The number of pyridine rings is 1. The Kier molecular flexibility index (Phi) is 3.57. The molecule has 0 saturated heterocycles. The van der Waals surface area contributed by atoms with Crippen LogP contribution >= 0.6 is 0 Å². The number of rotatable bonds is 1. The van der Waals surface area contributed by atoms with Gasteiger partial charge >= 0.3 is 17.1 Å². The summed E-state index contributed by atoms with van der Waals surface area (Å²) in [7, 11) is 0. The quantitative estimate of drug-likeness (QED) is 0.612. The molecule has 0 bridgehead atoms. The van der Waals surface area contributed by atoms with E-state index >= 15 is 0 Å². The third-order valence-corrected chi connectivity index (χ3v) is 1.07. The van der Waals surface area contributed by atoms with Crippen LogP contribution in [0.15, 0.2) is 18.5 Å². The monoisotopic (exact) mass is 194 g/mol. The Bertz CT molecular complexity index is 265. The maximum Gasteiger partial charge on any atom is 3.00 e. The molecule has 1 heterocycles. The second kappa shape index (κ2) is 3.95. The van der Waals surface area contributed by atoms with E-state index < -0.39 is 5.91 Å². The summed E-state index contributed by atoms with van der Waals surface area (Å²) in [4.78, 5) is 14.0. The van der Waals surface area contributed by atoms with Crippen molar-refractivity contribution < 1.29 is 27.0 Å². The van der Waals surface area contributed by atoms with Gasteiger partial charge in [-0.2, -0.15) is 0 Å². The van der Waals surface area contributed by atoms with Gasteiger partial charge in [-0.3, -0.25) is 9.78 Å². The fourth-order valence-corrected chi connectivity index (χ4v) is 0.594. The van der Waals surface area contributed by atoms with E-state index in [0.29, 0.717) is 0 Å². The van der Waals surface area contributed by atoms with Crippen molar-refractivity contribution in [3.63, 3.8) is 0 Å². The molecular weight excluding hydrogens is 188 g/mol. The summed E-state index contributed by atoms with van der Waals surface area (Å²) in [6.45, 7) is 0. The number of primary amides is 1. The topological polar surface area (TPSA) is 76.2 Å². The molecule has 1 aromatic rings. The number of amides is 1. The van der Waals surface area contributed by atoms with Gasteiger partial charge in [0.05, 0.1) is 11.8 Å². The molecule has 0 saturated carbocycles. The first-order valence-electron chi connectivity index (χ1n) is 2.64. The van der Waals surface area contributed by atoms with Crippen molar-refractivity contribution in [3.05, 3.63) is 24.0 Å². The molecule has 1 amide bonds. The van der Waals surface area contributed by atoms with Crippen LogP contribution in [0.3, 0.4) is 0 Å². The molecule has 0 atom stereocenters. The van der Waals surface area contributed by atoms with E-state index in [0.717, 1.165) is 0 Å². The Morgan fingerprint density at radius 1 is 1.64 bits per heavy atom. The minimum atomic E-state index is -0.653. The van der Waals surface area contributed by atoms with Crippen LogP contribution in [0.2, 0.25) is 0 Å². The Morgan fingerprint density at radius 3 is 2.64 bits per heavy atom. The number of aromatic hydroxyl groups is 1. The number of nitrogens with zero attached hydrogens (tertiary/aromatic N) is 1. The van der Waals surface area contributed by atoms with Crippen LogP contribution in [0.25, 0.3) is 0 Å². The van der Waals surface area contributed by atoms with Gasteiger partial charge in [-0.05, 0) is 6.07 Å². The molecule has 11 heavy (non-hydrogen) atoms. The molecule has 4 nitrogen and oxygen atoms in total. The largest absolute Gasteiger partial charge is 3.00 e. The summed E-state index contributed by atoms with van der Waals surface area (Å²) >= 11 is 0. The van der Waals surface area contributed by atoms with Crippen LogP contribution in [-0.4, -0.2) is 16.0 Å². The van der Waals surface area contributed by atoms with Crippen molar-refractivity contribution >= 4 is 5.91 Å². The molecule has 1 aromatic heterocycles. The molecular formula is C6H6FeN2O2+3. The van der Waals surface area contributed by atoms with Crippen LogP contribution in [0.4, 0.5) is 0 Å². The maximum absolute atomic E-state index is 10.5. The first-order valence-corrected chi connectivity index (χ1v) is 2.64. The molecule has 1 radical (unpaired) electrons. The summed E-state index contributed by atoms with van der Waals surface area (Å²) < 4.78 is 0. The summed E-state index contributed by atoms with van der Waals surface area (Å²) in [5.74, 6) is -0.838. The first-order chi connectivity index (χ1) is 4.72. The van der Waals surface area contributed by atoms with Crippen molar-refractivity contribution in [1.29, 1.82) is 0 Å². The molecule has 3 N–H and O–H groups in total. The SMILES string of the molecule is NC(=O)c1ccncc1O.[Fe+3]. The van der Waals surface area contributed by atoms with Gasteiger partial charge in [0.25, 0.3) is 5.91 Å². The smallest absolute Gasteiger partial charge is 0.505 e. The number of hydrogen-bond donors (Lipinski definition) is 2. The third-order valence-electron chi connectivity index (χ3n) is 1.07. The van der Waals surface area contributed by atoms with Crippen molar-refractivity contribution in [3.8, 4) is 5.75 Å². The van der Waals surface area contributed by atoms with Gasteiger partial charge < -0.3 is 10.8 Å². The number of hydrogen-bond acceptors (Lipinski definition) is 3. The van der Waals surface area contributed by atoms with E-state index in [2.05, 4.69) is 4.98 Å². The van der Waals surface area contributed by atoms with E-state index in [1.807, 2.05) is 0 Å². The van der Waals surface area contributed by atoms with Gasteiger partial charge in [0, 0.05) is 6.20 Å². The zero-order chi connectivity index (χ0) is 7.56. The molecule has 0 aliphatic carbocycles. The Balaban J connectivity index is 0.000001000. The van der Waals surface area contributed by atoms with Gasteiger partial charge in [0.15, 0.2) is 0 Å². The summed E-state index contributed by atoms with van der Waals surface area (Å²) in [6, 6.07) is 1.36. The maximum atomic E-state index is 10.5. The van der Waals surface area contributed by atoms with E-state index in [9.17, 15) is 4.79 Å². The molecule has 1 rings (SSSR count). The second-order valence-corrected chi connectivity index (χ2v) is 1.76. The fraction of sp³-hybridized carbons (Fsp3) is 0. The number of aromatic nitrogens is 1. The van der Waals surface area contributed by atoms with Gasteiger partial charge in [-0.15, -0.1) is 0 Å². The predicted molar refractivity (Wildman–Crippen MR) is 34.4 cm³/mol. The van der Waals surface area contributed by atoms with Gasteiger partial charge in [-0.1, -0.05) is 0 Å². The number of nitrogens with two attached hydrogens (primary N) is 1. The van der Waals surface area contributed by atoms with Crippen molar-refractivity contribution in [1.82, 2.24) is 4.98 Å². The molecule has 0 aliphatic heterocycles. The second-order valence-electron chi connectivity index (χ2n) is 1.76. The van der Waals surface area contributed by atoms with Gasteiger partial charge in [0.2, 0.25) is 0 Å². The van der Waals surface area contributed by atoms with Crippen LogP contribution in [0.5, 0.6) is 5.75 Å². The number of carbonyl (C=O) groups excluding carboxylic acids is 1. The minimum absolute atomic E-state index is 0. The van der Waals surface area contributed by atoms with E-state index in [1.165, 1.54) is 18.5 Å². The molecule has 57 valence electrons. The summed E-state index contributed by atoms with van der Waals surface area (Å²) in [5.41, 5.74) is 4.98. The van der Waals surface area contributed by atoms with E-state index in [1.54, 1.807) is 0 Å². The average molecular weight is 194 g/mol. The molecule has 5 heteroatoms. The standard InChI is InChI=1S/C6H6N2O2.Fe/c7-6(10)4-1-2-8-3-5(4)9;/h1-3,9H,(H2,7,10);/q;+3. The third kappa shape index (κ3) is 2.22. The zero-order valence-corrected chi connectivity index (χ0v) is 6.57. The van der Waals surface area contributed by atoms with Gasteiger partial charge in [-0.25, -0.2) is 0 Å². The molecule has 0 spiro atoms. The predicted octanol–water partition coefficient (Wildman–Crippen LogP) is -0.116. The van der Waals surface area contributed by atoms with Crippen LogP contribution in [-0.2, 0) is 17.1 Å². The molecule has 0 fully saturated rings. The minimum Gasteiger partial charge on any atom is -0.505 e. The molecule has 0 unspecified atom stereocenters. The molecule has 0 aliphatic rings. The first kappa shape index (κ1) is 9.94. The van der Waals surface area contributed by atoms with Crippen molar-refractivity contribution in [2.45, 2.75) is 0 Å². The average Bonchev–Trinajstić information content (AvgIpc) is 1.88. The van der Waals surface area contributed by atoms with Crippen LogP contribution in [0, 0.1) is 0 Å². The fourth-order valence-electron chi connectivity index (χ4n) is 0.594. The zero-order valence-electron chi connectivity index (χ0n) is 5.47. The Hall–Kier alpha value is -1.06. The van der Waals surface area contributed by atoms with E-state index in [-0.39, 0.29) is 28.4 Å². The van der Waals surface area contributed by atoms with Crippen molar-refractivity contribution in [2.24, 2.45) is 5.73 Å². The van der Waals surface area contributed by atoms with Gasteiger partial charge in [0.1, 0.15) is 5.75 Å². The molecule has 0 aromatic carbocycles. The Labute approximate surface area is 73.9 Å². The van der Waals surface area contributed by atoms with Crippen molar-refractivity contribution in [2.75, 3.05) is 0 Å². The van der Waals surface area contributed by atoms with Crippen LogP contribution < -0.4 is 5.73 Å². The van der Waals surface area contributed by atoms with E-state index in [4.69, 9.17) is 10.8 Å². The Morgan fingerprint density at radius 2 is 2.27 bits per heavy atom. The van der Waals surface area contributed by atoms with Crippen LogP contribution in [0.1, 0.15) is 10.4 Å². The number of carbonyl (C=O) groups is 1.